The van der Waals surface area contributed by atoms with Gasteiger partial charge in [-0.2, -0.15) is 0 Å². The Kier molecular flexibility index (Phi) is 9.81. The molecular weight excluding hydrogens is 339 g/mol. The van der Waals surface area contributed by atoms with E-state index in [1.54, 1.807) is 0 Å². The second kappa shape index (κ2) is 9.83. The smallest absolute Gasteiger partial charge is 0.188 e. The molecule has 108 valence electrons. The molecule has 1 fully saturated rings. The molecular formula is C13H29IN4. The SMILES string of the molecule is CCC(C)NC(N)=NCC(C)CN1CCCC1.I. The Labute approximate surface area is 129 Å². The van der Waals surface area contributed by atoms with E-state index in [0.29, 0.717) is 17.9 Å². The van der Waals surface area contributed by atoms with Gasteiger partial charge in [-0.25, -0.2) is 0 Å². The molecule has 4 nitrogen and oxygen atoms in total. The second-order valence-electron chi connectivity index (χ2n) is 5.29. The lowest BCUT2D eigenvalue weighted by Crippen LogP contribution is -2.38. The van der Waals surface area contributed by atoms with Crippen LogP contribution in [0.25, 0.3) is 0 Å². The van der Waals surface area contributed by atoms with Crippen LogP contribution < -0.4 is 11.1 Å². The summed E-state index contributed by atoms with van der Waals surface area (Å²) in [6.45, 7) is 11.0. The number of rotatable bonds is 6. The predicted octanol–water partition coefficient (Wildman–Crippen LogP) is 2.04. The molecule has 0 aliphatic carbocycles. The first-order valence-electron chi connectivity index (χ1n) is 6.90. The number of hydrogen-bond acceptors (Lipinski definition) is 2. The van der Waals surface area contributed by atoms with Crippen molar-refractivity contribution in [1.29, 1.82) is 0 Å². The number of nitrogens with zero attached hydrogens (tertiary/aromatic N) is 2. The highest BCUT2D eigenvalue weighted by Crippen LogP contribution is 2.10. The number of likely N-dealkylation sites (tertiary alicyclic amines) is 1. The maximum Gasteiger partial charge on any atom is 0.188 e. The molecule has 1 saturated heterocycles. The molecule has 3 N–H and O–H groups in total. The van der Waals surface area contributed by atoms with Gasteiger partial charge in [0.2, 0.25) is 0 Å². The maximum absolute atomic E-state index is 5.83. The molecule has 0 radical (unpaired) electrons. The Bertz CT molecular complexity index is 239. The van der Waals surface area contributed by atoms with Gasteiger partial charge in [-0.3, -0.25) is 4.99 Å². The highest BCUT2D eigenvalue weighted by Gasteiger charge is 2.14. The van der Waals surface area contributed by atoms with E-state index in [9.17, 15) is 0 Å². The fraction of sp³-hybridized carbons (Fsp3) is 0.923. The van der Waals surface area contributed by atoms with Gasteiger partial charge in [0.25, 0.3) is 0 Å². The van der Waals surface area contributed by atoms with Crippen LogP contribution in [0.1, 0.15) is 40.0 Å². The highest BCUT2D eigenvalue weighted by atomic mass is 127. The van der Waals surface area contributed by atoms with Gasteiger partial charge in [-0.1, -0.05) is 13.8 Å². The first-order valence-corrected chi connectivity index (χ1v) is 6.90. The zero-order valence-corrected chi connectivity index (χ0v) is 14.3. The molecule has 0 amide bonds. The lowest BCUT2D eigenvalue weighted by molar-refractivity contribution is 0.291. The average Bonchev–Trinajstić information content (AvgIpc) is 2.79. The third-order valence-electron chi connectivity index (χ3n) is 3.35. The molecule has 2 atom stereocenters. The first-order chi connectivity index (χ1) is 8.11. The quantitative estimate of drug-likeness (QED) is 0.429. The van der Waals surface area contributed by atoms with Crippen molar-refractivity contribution in [3.8, 4) is 0 Å². The van der Waals surface area contributed by atoms with Crippen molar-refractivity contribution < 1.29 is 0 Å². The summed E-state index contributed by atoms with van der Waals surface area (Å²) in [5.74, 6) is 1.18. The fourth-order valence-electron chi connectivity index (χ4n) is 2.12. The van der Waals surface area contributed by atoms with Crippen LogP contribution in [0, 0.1) is 5.92 Å². The number of guanidine groups is 1. The fourth-order valence-corrected chi connectivity index (χ4v) is 2.12. The molecule has 0 bridgehead atoms. The second-order valence-corrected chi connectivity index (χ2v) is 5.29. The minimum atomic E-state index is 0. The minimum absolute atomic E-state index is 0. The van der Waals surface area contributed by atoms with E-state index in [4.69, 9.17) is 5.73 Å². The van der Waals surface area contributed by atoms with E-state index in [-0.39, 0.29) is 24.0 Å². The standard InChI is InChI=1S/C13H28N4.HI/c1-4-12(3)16-13(14)15-9-11(2)10-17-7-5-6-8-17;/h11-12H,4-10H2,1-3H3,(H3,14,15,16);1H. The Morgan fingerprint density at radius 3 is 2.50 bits per heavy atom. The lowest BCUT2D eigenvalue weighted by Gasteiger charge is -2.19. The van der Waals surface area contributed by atoms with Gasteiger partial charge >= 0.3 is 0 Å². The van der Waals surface area contributed by atoms with E-state index in [2.05, 4.69) is 36.0 Å². The van der Waals surface area contributed by atoms with E-state index in [1.165, 1.54) is 25.9 Å². The number of hydrogen-bond donors (Lipinski definition) is 2. The zero-order valence-electron chi connectivity index (χ0n) is 12.0. The van der Waals surface area contributed by atoms with Gasteiger partial charge in [0.05, 0.1) is 0 Å². The summed E-state index contributed by atoms with van der Waals surface area (Å²) < 4.78 is 0. The molecule has 1 aliphatic rings. The van der Waals surface area contributed by atoms with E-state index in [0.717, 1.165) is 19.5 Å². The molecule has 1 rings (SSSR count). The van der Waals surface area contributed by atoms with Crippen molar-refractivity contribution in [2.45, 2.75) is 46.1 Å². The third-order valence-corrected chi connectivity index (χ3v) is 3.35. The summed E-state index contributed by atoms with van der Waals surface area (Å²) in [5.41, 5.74) is 5.83. The van der Waals surface area contributed by atoms with Crippen molar-refractivity contribution in [1.82, 2.24) is 10.2 Å². The normalized spacial score (nSPS) is 20.3. The average molecular weight is 368 g/mol. The molecule has 0 aromatic rings. The molecule has 5 heteroatoms. The molecule has 0 aromatic carbocycles. The molecule has 0 aromatic heterocycles. The van der Waals surface area contributed by atoms with Gasteiger partial charge in [-0.05, 0) is 45.2 Å². The lowest BCUT2D eigenvalue weighted by atomic mass is 10.2. The Morgan fingerprint density at radius 2 is 1.94 bits per heavy atom. The van der Waals surface area contributed by atoms with E-state index >= 15 is 0 Å². The van der Waals surface area contributed by atoms with Gasteiger partial charge in [0.1, 0.15) is 0 Å². The monoisotopic (exact) mass is 368 g/mol. The van der Waals surface area contributed by atoms with Gasteiger partial charge < -0.3 is 16.0 Å². The summed E-state index contributed by atoms with van der Waals surface area (Å²) in [6.07, 6.45) is 3.78. The van der Waals surface area contributed by atoms with Crippen LogP contribution in [0.15, 0.2) is 4.99 Å². The molecule has 1 aliphatic heterocycles. The largest absolute Gasteiger partial charge is 0.370 e. The van der Waals surface area contributed by atoms with Crippen LogP contribution in [0.2, 0.25) is 0 Å². The molecule has 18 heavy (non-hydrogen) atoms. The van der Waals surface area contributed by atoms with E-state index in [1.807, 2.05) is 0 Å². The Morgan fingerprint density at radius 1 is 1.33 bits per heavy atom. The van der Waals surface area contributed by atoms with Gasteiger partial charge in [-0.15, -0.1) is 24.0 Å². The molecule has 2 unspecified atom stereocenters. The summed E-state index contributed by atoms with van der Waals surface area (Å²) in [5, 5.41) is 3.19. The van der Waals surface area contributed by atoms with Crippen LogP contribution in [-0.2, 0) is 0 Å². The van der Waals surface area contributed by atoms with Crippen molar-refractivity contribution in [2.24, 2.45) is 16.6 Å². The topological polar surface area (TPSA) is 53.6 Å². The van der Waals surface area contributed by atoms with Crippen LogP contribution in [0.5, 0.6) is 0 Å². The number of aliphatic imine (C=N–C) groups is 1. The number of nitrogens with one attached hydrogen (secondary N) is 1. The summed E-state index contributed by atoms with van der Waals surface area (Å²) in [4.78, 5) is 6.94. The van der Waals surface area contributed by atoms with Gasteiger partial charge in [0.15, 0.2) is 5.96 Å². The van der Waals surface area contributed by atoms with Crippen LogP contribution in [0.3, 0.4) is 0 Å². The number of halogens is 1. The Hall–Kier alpha value is -0.0400. The Balaban J connectivity index is 0.00000289. The van der Waals surface area contributed by atoms with Crippen LogP contribution >= 0.6 is 24.0 Å². The van der Waals surface area contributed by atoms with Crippen LogP contribution in [0.4, 0.5) is 0 Å². The molecule has 0 saturated carbocycles. The van der Waals surface area contributed by atoms with E-state index < -0.39 is 0 Å². The number of nitrogens with two attached hydrogens (primary N) is 1. The van der Waals surface area contributed by atoms with Crippen molar-refractivity contribution >= 4 is 29.9 Å². The molecule has 0 spiro atoms. The van der Waals surface area contributed by atoms with Gasteiger partial charge in [0, 0.05) is 19.1 Å². The summed E-state index contributed by atoms with van der Waals surface area (Å²) in [7, 11) is 0. The predicted molar refractivity (Wildman–Crippen MR) is 89.6 cm³/mol. The zero-order chi connectivity index (χ0) is 12.7. The molecule has 1 heterocycles. The van der Waals surface area contributed by atoms with Crippen molar-refractivity contribution in [3.63, 3.8) is 0 Å². The summed E-state index contributed by atoms with van der Waals surface area (Å²) in [6, 6.07) is 0.410. The maximum atomic E-state index is 5.83. The van der Waals surface area contributed by atoms with Crippen LogP contribution in [-0.4, -0.2) is 43.1 Å². The third kappa shape index (κ3) is 7.41. The first kappa shape index (κ1) is 18.0. The minimum Gasteiger partial charge on any atom is -0.370 e. The summed E-state index contributed by atoms with van der Waals surface area (Å²) >= 11 is 0. The highest BCUT2D eigenvalue weighted by molar-refractivity contribution is 14.0. The van der Waals surface area contributed by atoms with Crippen molar-refractivity contribution in [3.05, 3.63) is 0 Å². The van der Waals surface area contributed by atoms with Crippen molar-refractivity contribution in [2.75, 3.05) is 26.2 Å².